The van der Waals surface area contributed by atoms with Crippen LogP contribution in [0.1, 0.15) is 31.4 Å². The molecular formula is C21H25ClN4O2. The quantitative estimate of drug-likeness (QED) is 0.767. The van der Waals surface area contributed by atoms with Crippen LogP contribution >= 0.6 is 11.6 Å². The molecule has 2 aliphatic rings. The van der Waals surface area contributed by atoms with Crippen molar-refractivity contribution in [3.63, 3.8) is 0 Å². The summed E-state index contributed by atoms with van der Waals surface area (Å²) in [4.78, 5) is 29.5. The maximum Gasteiger partial charge on any atom is 0.322 e. The van der Waals surface area contributed by atoms with Crippen LogP contribution in [0.4, 0.5) is 10.5 Å². The van der Waals surface area contributed by atoms with Crippen LogP contribution in [0.3, 0.4) is 0 Å². The highest BCUT2D eigenvalue weighted by molar-refractivity contribution is 6.30. The van der Waals surface area contributed by atoms with Gasteiger partial charge in [-0.15, -0.1) is 0 Å². The number of hydrogen-bond donors (Lipinski definition) is 1. The summed E-state index contributed by atoms with van der Waals surface area (Å²) in [6.45, 7) is 0.694. The molecule has 3 amide bonds. The van der Waals surface area contributed by atoms with Crippen LogP contribution in [0.15, 0.2) is 42.6 Å². The highest BCUT2D eigenvalue weighted by Gasteiger charge is 2.38. The van der Waals surface area contributed by atoms with Crippen molar-refractivity contribution in [1.82, 2.24) is 14.4 Å². The van der Waals surface area contributed by atoms with Crippen molar-refractivity contribution in [3.8, 4) is 0 Å². The molecule has 0 radical (unpaired) electrons. The van der Waals surface area contributed by atoms with Crippen molar-refractivity contribution in [3.05, 3.63) is 53.3 Å². The van der Waals surface area contributed by atoms with Crippen molar-refractivity contribution in [2.75, 3.05) is 11.9 Å². The zero-order chi connectivity index (χ0) is 19.7. The Labute approximate surface area is 170 Å². The number of carbonyl (C=O) groups excluding carboxylic acids is 2. The van der Waals surface area contributed by atoms with Crippen LogP contribution in [0.5, 0.6) is 0 Å². The molecule has 2 aromatic rings. The number of amides is 3. The Hall–Kier alpha value is -2.47. The summed E-state index contributed by atoms with van der Waals surface area (Å²) in [5.41, 5.74) is 1.74. The number of anilines is 1. The Bertz CT molecular complexity index is 873. The van der Waals surface area contributed by atoms with Gasteiger partial charge in [-0.2, -0.15) is 0 Å². The van der Waals surface area contributed by atoms with Crippen LogP contribution in [0, 0.1) is 0 Å². The molecule has 2 aliphatic carbocycles. The van der Waals surface area contributed by atoms with E-state index in [1.165, 1.54) is 0 Å². The molecule has 4 rings (SSSR count). The molecule has 1 aromatic heterocycles. The zero-order valence-electron chi connectivity index (χ0n) is 16.0. The molecule has 1 N–H and O–H groups in total. The molecule has 0 spiro atoms. The van der Waals surface area contributed by atoms with E-state index in [4.69, 9.17) is 11.6 Å². The maximum atomic E-state index is 13.1. The fourth-order valence-electron chi connectivity index (χ4n) is 3.39. The molecule has 0 aliphatic heterocycles. The second kappa shape index (κ2) is 7.87. The minimum Gasteiger partial charge on any atom is -0.353 e. The Kier molecular flexibility index (Phi) is 5.31. The van der Waals surface area contributed by atoms with E-state index in [0.29, 0.717) is 23.3 Å². The number of aromatic nitrogens is 1. The van der Waals surface area contributed by atoms with E-state index in [9.17, 15) is 9.59 Å². The molecule has 0 atom stereocenters. The third kappa shape index (κ3) is 4.50. The number of urea groups is 1. The number of benzene rings is 1. The lowest BCUT2D eigenvalue weighted by molar-refractivity contribution is -0.133. The average molecular weight is 401 g/mol. The first-order valence-electron chi connectivity index (χ1n) is 9.74. The van der Waals surface area contributed by atoms with Gasteiger partial charge in [-0.25, -0.2) is 4.79 Å². The number of carbonyl (C=O) groups is 2. The third-order valence-electron chi connectivity index (χ3n) is 5.32. The van der Waals surface area contributed by atoms with Crippen molar-refractivity contribution < 1.29 is 9.59 Å². The second-order valence-corrected chi connectivity index (χ2v) is 8.10. The van der Waals surface area contributed by atoms with Crippen molar-refractivity contribution in [1.29, 1.82) is 0 Å². The van der Waals surface area contributed by atoms with E-state index in [1.807, 2.05) is 34.8 Å². The Morgan fingerprint density at radius 1 is 1.11 bits per heavy atom. The molecule has 0 saturated heterocycles. The Morgan fingerprint density at radius 3 is 2.43 bits per heavy atom. The lowest BCUT2D eigenvalue weighted by atomic mass is 10.3. The maximum absolute atomic E-state index is 13.1. The van der Waals surface area contributed by atoms with Gasteiger partial charge in [0.1, 0.15) is 6.54 Å². The highest BCUT2D eigenvalue weighted by atomic mass is 35.5. The van der Waals surface area contributed by atoms with Crippen molar-refractivity contribution >= 4 is 29.2 Å². The molecule has 6 nitrogen and oxygen atoms in total. The minimum atomic E-state index is -0.243. The Balaban J connectivity index is 1.43. The van der Waals surface area contributed by atoms with Gasteiger partial charge in [0.15, 0.2) is 0 Å². The van der Waals surface area contributed by atoms with E-state index in [-0.39, 0.29) is 24.5 Å². The largest absolute Gasteiger partial charge is 0.353 e. The van der Waals surface area contributed by atoms with Gasteiger partial charge in [-0.05, 0) is 56.0 Å². The van der Waals surface area contributed by atoms with E-state index in [2.05, 4.69) is 5.32 Å². The van der Waals surface area contributed by atoms with Gasteiger partial charge in [0, 0.05) is 41.7 Å². The number of nitrogens with zero attached hydrogens (tertiary/aromatic N) is 3. The first-order chi connectivity index (χ1) is 13.5. The first kappa shape index (κ1) is 18.9. The fraction of sp³-hybridized carbons (Fsp3) is 0.429. The molecule has 148 valence electrons. The molecule has 2 saturated carbocycles. The summed E-state index contributed by atoms with van der Waals surface area (Å²) in [6, 6.07) is 11.3. The number of halogens is 1. The van der Waals surface area contributed by atoms with E-state index >= 15 is 0 Å². The molecule has 1 aromatic carbocycles. The second-order valence-electron chi connectivity index (χ2n) is 7.66. The van der Waals surface area contributed by atoms with Crippen LogP contribution in [-0.4, -0.2) is 44.9 Å². The SMILES string of the molecule is Cn1cccc1CN(C(=O)CN(C(=O)Nc1cccc(Cl)c1)C1CC1)C1CC1. The van der Waals surface area contributed by atoms with Gasteiger partial charge < -0.3 is 19.7 Å². The number of aryl methyl sites for hydroxylation is 1. The van der Waals surface area contributed by atoms with Gasteiger partial charge in [-0.3, -0.25) is 4.79 Å². The minimum absolute atomic E-state index is 0.0110. The topological polar surface area (TPSA) is 57.6 Å². The lowest BCUT2D eigenvalue weighted by Gasteiger charge is -2.28. The standard InChI is InChI=1S/C21H25ClN4O2/c1-24-11-3-6-19(24)13-25(17-7-8-17)20(27)14-26(18-9-10-18)21(28)23-16-5-2-4-15(22)12-16/h2-6,11-12,17-18H,7-10,13-14H2,1H3,(H,23,28). The van der Waals surface area contributed by atoms with E-state index < -0.39 is 0 Å². The monoisotopic (exact) mass is 400 g/mol. The lowest BCUT2D eigenvalue weighted by Crippen LogP contribution is -2.46. The molecule has 7 heteroatoms. The average Bonchev–Trinajstić information content (AvgIpc) is 3.57. The summed E-state index contributed by atoms with van der Waals surface area (Å²) in [6.07, 6.45) is 5.94. The van der Waals surface area contributed by atoms with Crippen LogP contribution in [0.2, 0.25) is 5.02 Å². The van der Waals surface area contributed by atoms with E-state index in [1.54, 1.807) is 29.2 Å². The molecule has 0 unspecified atom stereocenters. The predicted octanol–water partition coefficient (Wildman–Crippen LogP) is 3.87. The van der Waals surface area contributed by atoms with Crippen molar-refractivity contribution in [2.45, 2.75) is 44.3 Å². The number of rotatable bonds is 7. The Morgan fingerprint density at radius 2 is 1.82 bits per heavy atom. The smallest absolute Gasteiger partial charge is 0.322 e. The van der Waals surface area contributed by atoms with Gasteiger partial charge >= 0.3 is 6.03 Å². The zero-order valence-corrected chi connectivity index (χ0v) is 16.7. The van der Waals surface area contributed by atoms with Crippen LogP contribution in [0.25, 0.3) is 0 Å². The van der Waals surface area contributed by atoms with Gasteiger partial charge in [0.05, 0.1) is 6.54 Å². The first-order valence-corrected chi connectivity index (χ1v) is 10.1. The fourth-order valence-corrected chi connectivity index (χ4v) is 3.58. The van der Waals surface area contributed by atoms with Gasteiger partial charge in [-0.1, -0.05) is 17.7 Å². The molecule has 2 fully saturated rings. The summed E-state index contributed by atoms with van der Waals surface area (Å²) in [7, 11) is 1.99. The van der Waals surface area contributed by atoms with Gasteiger partial charge in [0.2, 0.25) is 5.91 Å². The number of nitrogens with one attached hydrogen (secondary N) is 1. The summed E-state index contributed by atoms with van der Waals surface area (Å²) in [5.74, 6) is 0.0110. The third-order valence-corrected chi connectivity index (χ3v) is 5.56. The normalized spacial score (nSPS) is 15.9. The van der Waals surface area contributed by atoms with Crippen molar-refractivity contribution in [2.24, 2.45) is 7.05 Å². The summed E-state index contributed by atoms with van der Waals surface area (Å²) in [5, 5.41) is 3.44. The predicted molar refractivity (Wildman–Crippen MR) is 109 cm³/mol. The van der Waals surface area contributed by atoms with Crippen LogP contribution < -0.4 is 5.32 Å². The number of hydrogen-bond acceptors (Lipinski definition) is 2. The van der Waals surface area contributed by atoms with Crippen LogP contribution in [-0.2, 0) is 18.4 Å². The van der Waals surface area contributed by atoms with E-state index in [0.717, 1.165) is 31.4 Å². The molecule has 0 bridgehead atoms. The summed E-state index contributed by atoms with van der Waals surface area (Å²) < 4.78 is 2.03. The highest BCUT2D eigenvalue weighted by Crippen LogP contribution is 2.31. The molecule has 1 heterocycles. The van der Waals surface area contributed by atoms with Gasteiger partial charge in [0.25, 0.3) is 0 Å². The molecular weight excluding hydrogens is 376 g/mol. The summed E-state index contributed by atoms with van der Waals surface area (Å²) >= 11 is 6.00. The molecule has 28 heavy (non-hydrogen) atoms.